The van der Waals surface area contributed by atoms with E-state index in [0.717, 1.165) is 0 Å². The zero-order valence-corrected chi connectivity index (χ0v) is 14.3. The molecule has 5 aliphatic rings. The fraction of sp³-hybridized carbons (Fsp3) is 0.789. The average molecular weight is 347 g/mol. The molecule has 0 aromatic heterocycles. The molecule has 0 amide bonds. The van der Waals surface area contributed by atoms with Crippen molar-refractivity contribution in [3.05, 3.63) is 12.2 Å². The van der Waals surface area contributed by atoms with E-state index in [1.165, 1.54) is 0 Å². The van der Waals surface area contributed by atoms with Gasteiger partial charge in [-0.2, -0.15) is 0 Å². The Morgan fingerprint density at radius 2 is 2.08 bits per heavy atom. The van der Waals surface area contributed by atoms with Gasteiger partial charge in [-0.25, -0.2) is 0 Å². The van der Waals surface area contributed by atoms with Crippen LogP contribution in [0.25, 0.3) is 0 Å². The monoisotopic (exact) mass is 347 g/mol. The molecule has 2 N–H and O–H groups in total. The summed E-state index contributed by atoms with van der Waals surface area (Å²) in [5, 5.41) is 33.8. The largest absolute Gasteiger partial charge is 0.550 e. The molecule has 4 saturated carbocycles. The number of carboxylic acids is 1. The smallest absolute Gasteiger partial charge is 0.315 e. The molecule has 0 aromatic rings. The van der Waals surface area contributed by atoms with Gasteiger partial charge in [0.15, 0.2) is 0 Å². The number of aliphatic hydroxyl groups excluding tert-OH is 1. The molecule has 5 rings (SSSR count). The van der Waals surface area contributed by atoms with Gasteiger partial charge >= 0.3 is 5.97 Å². The lowest BCUT2D eigenvalue weighted by molar-refractivity contribution is -0.318. The number of fused-ring (bicyclic) bond motifs is 1. The van der Waals surface area contributed by atoms with Crippen molar-refractivity contribution >= 4 is 11.9 Å². The topological polar surface area (TPSA) is 107 Å². The summed E-state index contributed by atoms with van der Waals surface area (Å²) in [5.74, 6) is -3.35. The van der Waals surface area contributed by atoms with E-state index in [4.69, 9.17) is 4.74 Å². The predicted octanol–water partition coefficient (Wildman–Crippen LogP) is -0.0836. The first kappa shape index (κ1) is 15.8. The van der Waals surface area contributed by atoms with Crippen molar-refractivity contribution < 1.29 is 29.6 Å². The minimum atomic E-state index is -1.23. The Hall–Kier alpha value is -1.40. The molecule has 0 radical (unpaired) electrons. The van der Waals surface area contributed by atoms with Crippen LogP contribution in [0.1, 0.15) is 45.4 Å². The van der Waals surface area contributed by atoms with Crippen LogP contribution in [0.5, 0.6) is 0 Å². The van der Waals surface area contributed by atoms with Crippen molar-refractivity contribution in [2.75, 3.05) is 0 Å². The van der Waals surface area contributed by atoms with Crippen LogP contribution in [-0.2, 0) is 14.3 Å². The summed E-state index contributed by atoms with van der Waals surface area (Å²) in [5.41, 5.74) is -3.13. The second-order valence-corrected chi connectivity index (χ2v) is 9.27. The van der Waals surface area contributed by atoms with E-state index in [-0.39, 0.29) is 5.92 Å². The van der Waals surface area contributed by atoms with Crippen LogP contribution in [-0.4, -0.2) is 39.5 Å². The minimum Gasteiger partial charge on any atom is -0.550 e. The zero-order valence-electron chi connectivity index (χ0n) is 14.3. The van der Waals surface area contributed by atoms with Crippen molar-refractivity contribution in [2.24, 2.45) is 28.6 Å². The van der Waals surface area contributed by atoms with Gasteiger partial charge in [0.1, 0.15) is 5.60 Å². The number of carbonyl (C=O) groups excluding carboxylic acids is 2. The second kappa shape index (κ2) is 4.12. The van der Waals surface area contributed by atoms with Gasteiger partial charge in [-0.15, -0.1) is 0 Å². The van der Waals surface area contributed by atoms with Crippen molar-refractivity contribution in [3.8, 4) is 0 Å². The molecule has 6 nitrogen and oxygen atoms in total. The van der Waals surface area contributed by atoms with Crippen LogP contribution >= 0.6 is 0 Å². The molecule has 4 aliphatic carbocycles. The molecule has 25 heavy (non-hydrogen) atoms. The highest BCUT2D eigenvalue weighted by Gasteiger charge is 2.83. The Kier molecular flexibility index (Phi) is 2.61. The molecule has 1 heterocycles. The summed E-state index contributed by atoms with van der Waals surface area (Å²) in [6, 6.07) is 0. The van der Waals surface area contributed by atoms with Crippen LogP contribution in [0.2, 0.25) is 0 Å². The number of aliphatic carboxylic acids is 1. The predicted molar refractivity (Wildman–Crippen MR) is 82.6 cm³/mol. The molecular weight excluding hydrogens is 324 g/mol. The highest BCUT2D eigenvalue weighted by atomic mass is 16.6. The Morgan fingerprint density at radius 3 is 2.76 bits per heavy atom. The van der Waals surface area contributed by atoms with E-state index in [0.29, 0.717) is 44.1 Å². The number of rotatable bonds is 1. The third kappa shape index (κ3) is 1.41. The number of carbonyl (C=O) groups is 2. The van der Waals surface area contributed by atoms with E-state index in [1.54, 1.807) is 6.92 Å². The van der Waals surface area contributed by atoms with E-state index in [2.05, 4.69) is 6.58 Å². The zero-order chi connectivity index (χ0) is 18.0. The van der Waals surface area contributed by atoms with Crippen LogP contribution in [0.3, 0.4) is 0 Å². The van der Waals surface area contributed by atoms with Gasteiger partial charge in [0.05, 0.1) is 17.1 Å². The second-order valence-electron chi connectivity index (χ2n) is 9.27. The summed E-state index contributed by atoms with van der Waals surface area (Å²) >= 11 is 0. The quantitative estimate of drug-likeness (QED) is 0.507. The standard InChI is InChI=1S/C19H24O6/c1-9-7-17-8-18(9,24)5-3-10(17)19-6-4-11(20)16(2,15(23)25-19)13(19)12(17)14(21)22/h10-13,20,24H,1,3-8H2,2H3,(H,21,22)/p-1/t10?,11?,12?,13?,16-,17?,18+,19-/m1/s1. The van der Waals surface area contributed by atoms with Crippen LogP contribution in [0, 0.1) is 28.6 Å². The maximum Gasteiger partial charge on any atom is 0.315 e. The highest BCUT2D eigenvalue weighted by molar-refractivity contribution is 5.85. The fourth-order valence-corrected chi connectivity index (χ4v) is 7.63. The lowest BCUT2D eigenvalue weighted by Gasteiger charge is -2.46. The summed E-state index contributed by atoms with van der Waals surface area (Å²) in [7, 11) is 0. The molecule has 1 saturated heterocycles. The van der Waals surface area contributed by atoms with Gasteiger partial charge in [0, 0.05) is 23.7 Å². The van der Waals surface area contributed by atoms with Gasteiger partial charge in [0.2, 0.25) is 0 Å². The Morgan fingerprint density at radius 1 is 1.36 bits per heavy atom. The Labute approximate surface area is 145 Å². The summed E-state index contributed by atoms with van der Waals surface area (Å²) in [6.07, 6.45) is 1.87. The van der Waals surface area contributed by atoms with E-state index in [1.807, 2.05) is 0 Å². The van der Waals surface area contributed by atoms with Crippen molar-refractivity contribution in [1.29, 1.82) is 0 Å². The molecule has 1 aliphatic heterocycles. The summed E-state index contributed by atoms with van der Waals surface area (Å²) < 4.78 is 5.93. The van der Waals surface area contributed by atoms with E-state index < -0.39 is 51.9 Å². The maximum atomic E-state index is 12.7. The molecule has 136 valence electrons. The molecule has 5 unspecified atom stereocenters. The first-order valence-electron chi connectivity index (χ1n) is 9.15. The van der Waals surface area contributed by atoms with Crippen LogP contribution in [0.4, 0.5) is 0 Å². The molecule has 8 atom stereocenters. The number of carboxylic acid groups (broad SMARTS) is 1. The van der Waals surface area contributed by atoms with Gasteiger partial charge in [-0.3, -0.25) is 4.79 Å². The van der Waals surface area contributed by atoms with Gasteiger partial charge in [-0.1, -0.05) is 6.58 Å². The highest BCUT2D eigenvalue weighted by Crippen LogP contribution is 2.78. The normalized spacial score (nSPS) is 58.7. The third-order valence-corrected chi connectivity index (χ3v) is 8.56. The number of aliphatic hydroxyl groups is 2. The molecule has 5 fully saturated rings. The van der Waals surface area contributed by atoms with Crippen molar-refractivity contribution in [2.45, 2.75) is 62.8 Å². The lowest BCUT2D eigenvalue weighted by atomic mass is 9.59. The molecular formula is C19H23O6-. The fourth-order valence-electron chi connectivity index (χ4n) is 7.63. The SMILES string of the molecule is C=C1CC23C[C@@]1(O)CCC2[C@@]12CCC(O)[C@@](C)(C(=O)O1)C2C3C(=O)[O-]. The van der Waals surface area contributed by atoms with Crippen molar-refractivity contribution in [3.63, 3.8) is 0 Å². The Bertz CT molecular complexity index is 731. The third-order valence-electron chi connectivity index (χ3n) is 8.56. The molecule has 1 spiro atoms. The number of hydrogen-bond donors (Lipinski definition) is 2. The number of hydrogen-bond acceptors (Lipinski definition) is 6. The average Bonchev–Trinajstić information content (AvgIpc) is 2.95. The minimum absolute atomic E-state index is 0.134. The van der Waals surface area contributed by atoms with Gasteiger partial charge < -0.3 is 24.9 Å². The molecule has 6 heteroatoms. The number of ether oxygens (including phenoxy) is 1. The number of esters is 1. The molecule has 4 bridgehead atoms. The van der Waals surface area contributed by atoms with Gasteiger partial charge in [-0.05, 0) is 56.4 Å². The van der Waals surface area contributed by atoms with Gasteiger partial charge in [0.25, 0.3) is 0 Å². The lowest BCUT2D eigenvalue weighted by Crippen LogP contribution is -2.54. The van der Waals surface area contributed by atoms with Crippen LogP contribution < -0.4 is 5.11 Å². The maximum absolute atomic E-state index is 12.7. The van der Waals surface area contributed by atoms with E-state index in [9.17, 15) is 24.9 Å². The first-order valence-corrected chi connectivity index (χ1v) is 9.15. The first-order chi connectivity index (χ1) is 11.6. The van der Waals surface area contributed by atoms with Crippen LogP contribution in [0.15, 0.2) is 12.2 Å². The summed E-state index contributed by atoms with van der Waals surface area (Å²) in [4.78, 5) is 25.0. The summed E-state index contributed by atoms with van der Waals surface area (Å²) in [6.45, 7) is 5.67. The Balaban J connectivity index is 1.76. The van der Waals surface area contributed by atoms with E-state index >= 15 is 0 Å². The molecule has 0 aromatic carbocycles. The van der Waals surface area contributed by atoms with Crippen molar-refractivity contribution in [1.82, 2.24) is 0 Å².